The van der Waals surface area contributed by atoms with Gasteiger partial charge in [0.1, 0.15) is 5.54 Å². The Morgan fingerprint density at radius 2 is 1.80 bits per heavy atom. The molecule has 6 nitrogen and oxygen atoms in total. The summed E-state index contributed by atoms with van der Waals surface area (Å²) in [5, 5.41) is 12.0. The summed E-state index contributed by atoms with van der Waals surface area (Å²) >= 11 is 0. The number of carboxylic acids is 1. The molecule has 2 amide bonds. The van der Waals surface area contributed by atoms with Crippen molar-refractivity contribution < 1.29 is 19.4 Å². The molecule has 0 aliphatic rings. The number of ether oxygens (including phenoxy) is 1. The Bertz CT molecular complexity index is 340. The van der Waals surface area contributed by atoms with Crippen LogP contribution < -0.4 is 5.32 Å². The molecule has 0 aromatic carbocycles. The molecule has 0 radical (unpaired) electrons. The van der Waals surface area contributed by atoms with Gasteiger partial charge < -0.3 is 20.1 Å². The molecular weight excluding hydrogens is 260 g/mol. The number of hydrogen-bond acceptors (Lipinski definition) is 3. The molecule has 0 spiro atoms. The van der Waals surface area contributed by atoms with Crippen LogP contribution in [0, 0.1) is 5.41 Å². The summed E-state index contributed by atoms with van der Waals surface area (Å²) in [6, 6.07) is -0.356. The van der Waals surface area contributed by atoms with Gasteiger partial charge in [0, 0.05) is 26.8 Å². The summed E-state index contributed by atoms with van der Waals surface area (Å²) in [5.74, 6) is -1.02. The number of amides is 2. The molecule has 0 rings (SSSR count). The van der Waals surface area contributed by atoms with Crippen LogP contribution in [0.25, 0.3) is 0 Å². The molecule has 118 valence electrons. The Balaban J connectivity index is 4.62. The summed E-state index contributed by atoms with van der Waals surface area (Å²) in [6.45, 7) is 10.3. The predicted octanol–water partition coefficient (Wildman–Crippen LogP) is 1.94. The van der Waals surface area contributed by atoms with Gasteiger partial charge in [-0.25, -0.2) is 9.59 Å². The second-order valence-corrected chi connectivity index (χ2v) is 6.17. The third-order valence-electron chi connectivity index (χ3n) is 3.46. The number of urea groups is 1. The molecule has 0 heterocycles. The summed E-state index contributed by atoms with van der Waals surface area (Å²) < 4.78 is 5.04. The highest BCUT2D eigenvalue weighted by Gasteiger charge is 2.37. The number of nitrogens with zero attached hydrogens (tertiary/aromatic N) is 1. The van der Waals surface area contributed by atoms with Crippen molar-refractivity contribution in [2.24, 2.45) is 5.41 Å². The van der Waals surface area contributed by atoms with Gasteiger partial charge in [-0.1, -0.05) is 13.8 Å². The third kappa shape index (κ3) is 5.36. The lowest BCUT2D eigenvalue weighted by Gasteiger charge is -2.35. The number of aliphatic carboxylic acids is 1. The Hall–Kier alpha value is -1.30. The largest absolute Gasteiger partial charge is 0.480 e. The normalized spacial score (nSPS) is 12.1. The summed E-state index contributed by atoms with van der Waals surface area (Å²) in [7, 11) is 1.64. The molecule has 0 saturated heterocycles. The number of carbonyl (C=O) groups excluding carboxylic acids is 1. The molecule has 0 aromatic rings. The number of likely N-dealkylation sites (N-methyl/N-ethyl adjacent to an activating group) is 1. The maximum atomic E-state index is 12.2. The highest BCUT2D eigenvalue weighted by atomic mass is 16.5. The SMILES string of the molecule is CCN(C(=O)NCC(C)(C)CCOC)C(C)(C)C(=O)O. The van der Waals surface area contributed by atoms with Crippen molar-refractivity contribution in [2.75, 3.05) is 26.8 Å². The predicted molar refractivity (Wildman–Crippen MR) is 77.8 cm³/mol. The van der Waals surface area contributed by atoms with E-state index in [1.165, 1.54) is 18.7 Å². The van der Waals surface area contributed by atoms with E-state index in [-0.39, 0.29) is 11.4 Å². The van der Waals surface area contributed by atoms with Crippen molar-refractivity contribution in [1.82, 2.24) is 10.2 Å². The fourth-order valence-corrected chi connectivity index (χ4v) is 1.79. The highest BCUT2D eigenvalue weighted by Crippen LogP contribution is 2.20. The smallest absolute Gasteiger partial charge is 0.329 e. The molecule has 2 N–H and O–H groups in total. The number of carbonyl (C=O) groups is 2. The van der Waals surface area contributed by atoms with Crippen molar-refractivity contribution in [3.63, 3.8) is 0 Å². The third-order valence-corrected chi connectivity index (χ3v) is 3.46. The Morgan fingerprint density at radius 3 is 2.20 bits per heavy atom. The standard InChI is InChI=1S/C14H28N2O4/c1-7-16(14(4,5)11(17)18)12(19)15-10-13(2,3)8-9-20-6/h7-10H2,1-6H3,(H,15,19)(H,17,18). The first-order valence-corrected chi connectivity index (χ1v) is 6.86. The van der Waals surface area contributed by atoms with Crippen molar-refractivity contribution >= 4 is 12.0 Å². The van der Waals surface area contributed by atoms with Crippen molar-refractivity contribution in [3.8, 4) is 0 Å². The van der Waals surface area contributed by atoms with Crippen LogP contribution in [0.5, 0.6) is 0 Å². The lowest BCUT2D eigenvalue weighted by Crippen LogP contribution is -2.56. The monoisotopic (exact) mass is 288 g/mol. The first-order chi connectivity index (χ1) is 9.08. The number of methoxy groups -OCH3 is 1. The molecule has 0 bridgehead atoms. The Kier molecular flexibility index (Phi) is 6.99. The number of hydrogen-bond donors (Lipinski definition) is 2. The summed E-state index contributed by atoms with van der Waals surface area (Å²) in [5.41, 5.74) is -1.33. The molecule has 6 heteroatoms. The molecule has 20 heavy (non-hydrogen) atoms. The van der Waals surface area contributed by atoms with E-state index in [0.29, 0.717) is 19.7 Å². The maximum Gasteiger partial charge on any atom is 0.329 e. The molecule has 0 aromatic heterocycles. The van der Waals surface area contributed by atoms with Gasteiger partial charge in [-0.05, 0) is 32.6 Å². The molecular formula is C14H28N2O4. The van der Waals surface area contributed by atoms with Gasteiger partial charge >= 0.3 is 12.0 Å². The van der Waals surface area contributed by atoms with Crippen LogP contribution in [-0.2, 0) is 9.53 Å². The fourth-order valence-electron chi connectivity index (χ4n) is 1.79. The molecule has 0 fully saturated rings. The van der Waals surface area contributed by atoms with Gasteiger partial charge in [-0.15, -0.1) is 0 Å². The van der Waals surface area contributed by atoms with Gasteiger partial charge in [0.15, 0.2) is 0 Å². The second kappa shape index (κ2) is 7.47. The van der Waals surface area contributed by atoms with Crippen molar-refractivity contribution in [2.45, 2.75) is 46.6 Å². The van der Waals surface area contributed by atoms with Crippen LogP contribution in [0.15, 0.2) is 0 Å². The van der Waals surface area contributed by atoms with Crippen molar-refractivity contribution in [1.29, 1.82) is 0 Å². The minimum Gasteiger partial charge on any atom is -0.480 e. The summed E-state index contributed by atoms with van der Waals surface area (Å²) in [6.07, 6.45) is 0.818. The van der Waals surface area contributed by atoms with Gasteiger partial charge in [0.05, 0.1) is 0 Å². The van der Waals surface area contributed by atoms with Gasteiger partial charge in [-0.2, -0.15) is 0 Å². The topological polar surface area (TPSA) is 78.9 Å². The quantitative estimate of drug-likeness (QED) is 0.715. The average Bonchev–Trinajstić information content (AvgIpc) is 2.34. The van der Waals surface area contributed by atoms with E-state index in [1.54, 1.807) is 14.0 Å². The van der Waals surface area contributed by atoms with Gasteiger partial charge in [0.2, 0.25) is 0 Å². The number of nitrogens with one attached hydrogen (secondary N) is 1. The molecule has 0 aliphatic carbocycles. The molecule has 0 atom stereocenters. The van der Waals surface area contributed by atoms with E-state index in [2.05, 4.69) is 5.32 Å². The average molecular weight is 288 g/mol. The highest BCUT2D eigenvalue weighted by molar-refractivity contribution is 5.85. The van der Waals surface area contributed by atoms with Crippen LogP contribution in [0.1, 0.15) is 41.0 Å². The van der Waals surface area contributed by atoms with Gasteiger partial charge in [-0.3, -0.25) is 0 Å². The fraction of sp³-hybridized carbons (Fsp3) is 0.857. The van der Waals surface area contributed by atoms with Crippen LogP contribution in [0.4, 0.5) is 4.79 Å². The van der Waals surface area contributed by atoms with E-state index in [1.807, 2.05) is 13.8 Å². The van der Waals surface area contributed by atoms with E-state index < -0.39 is 11.5 Å². The van der Waals surface area contributed by atoms with Crippen LogP contribution in [0.3, 0.4) is 0 Å². The zero-order valence-electron chi connectivity index (χ0n) is 13.4. The minimum absolute atomic E-state index is 0.0988. The maximum absolute atomic E-state index is 12.2. The lowest BCUT2D eigenvalue weighted by molar-refractivity contribution is -0.147. The first-order valence-electron chi connectivity index (χ1n) is 6.86. The van der Waals surface area contributed by atoms with Crippen molar-refractivity contribution in [3.05, 3.63) is 0 Å². The zero-order chi connectivity index (χ0) is 16.0. The van der Waals surface area contributed by atoms with E-state index >= 15 is 0 Å². The van der Waals surface area contributed by atoms with Crippen LogP contribution >= 0.6 is 0 Å². The lowest BCUT2D eigenvalue weighted by atomic mass is 9.90. The molecule has 0 aliphatic heterocycles. The zero-order valence-corrected chi connectivity index (χ0v) is 13.4. The van der Waals surface area contributed by atoms with E-state index in [4.69, 9.17) is 4.74 Å². The van der Waals surface area contributed by atoms with E-state index in [0.717, 1.165) is 6.42 Å². The van der Waals surface area contributed by atoms with E-state index in [9.17, 15) is 14.7 Å². The Morgan fingerprint density at radius 1 is 1.25 bits per heavy atom. The first kappa shape index (κ1) is 18.7. The Labute approximate surface area is 121 Å². The van der Waals surface area contributed by atoms with Crippen LogP contribution in [0.2, 0.25) is 0 Å². The molecule has 0 saturated carbocycles. The van der Waals surface area contributed by atoms with Crippen LogP contribution in [-0.4, -0.2) is 54.4 Å². The molecule has 0 unspecified atom stereocenters. The summed E-state index contributed by atoms with van der Waals surface area (Å²) in [4.78, 5) is 24.7. The number of carboxylic acid groups (broad SMARTS) is 1. The second-order valence-electron chi connectivity index (χ2n) is 6.17. The minimum atomic E-state index is -1.23. The van der Waals surface area contributed by atoms with Gasteiger partial charge in [0.25, 0.3) is 0 Å². The number of rotatable bonds is 8.